The minimum Gasteiger partial charge on any atom is -0.399 e. The highest BCUT2D eigenvalue weighted by Crippen LogP contribution is 2.05. The lowest BCUT2D eigenvalue weighted by Gasteiger charge is -1.99. The van der Waals surface area contributed by atoms with Gasteiger partial charge in [0.25, 0.3) is 0 Å². The predicted octanol–water partition coefficient (Wildman–Crippen LogP) is 0.304. The Bertz CT molecular complexity index is 364. The molecule has 0 aliphatic rings. The molecule has 0 saturated heterocycles. The zero-order chi connectivity index (χ0) is 9.10. The summed E-state index contributed by atoms with van der Waals surface area (Å²) in [6.45, 7) is 0.625. The number of rotatable bonds is 2. The van der Waals surface area contributed by atoms with Crippen LogP contribution in [0.3, 0.4) is 0 Å². The standard InChI is InChI=1S/C8H9N5/c9-8-3-1-7(2-4-8)5-13-11-6-10-12-13/h1-4,6H,5,9H2. The maximum absolute atomic E-state index is 5.55. The van der Waals surface area contributed by atoms with Crippen LogP contribution >= 0.6 is 0 Å². The third kappa shape index (κ3) is 1.81. The molecule has 66 valence electrons. The SMILES string of the molecule is Nc1ccc(Cn2ncnn2)cc1. The van der Waals surface area contributed by atoms with Gasteiger partial charge in [-0.05, 0) is 22.9 Å². The molecular weight excluding hydrogens is 166 g/mol. The average molecular weight is 175 g/mol. The topological polar surface area (TPSA) is 69.6 Å². The molecule has 5 nitrogen and oxygen atoms in total. The molecule has 0 spiro atoms. The van der Waals surface area contributed by atoms with Crippen LogP contribution in [-0.2, 0) is 6.54 Å². The Labute approximate surface area is 75.2 Å². The number of nitrogens with two attached hydrogens (primary N) is 1. The smallest absolute Gasteiger partial charge is 0.162 e. The van der Waals surface area contributed by atoms with Crippen LogP contribution in [0, 0.1) is 0 Å². The van der Waals surface area contributed by atoms with Crippen LogP contribution in [0.2, 0.25) is 0 Å². The van der Waals surface area contributed by atoms with E-state index in [1.165, 1.54) is 11.1 Å². The minimum absolute atomic E-state index is 0.625. The first-order chi connectivity index (χ1) is 6.34. The molecule has 5 heteroatoms. The first-order valence-electron chi connectivity index (χ1n) is 3.90. The summed E-state index contributed by atoms with van der Waals surface area (Å²) in [5.74, 6) is 0. The minimum atomic E-state index is 0.625. The Morgan fingerprint density at radius 2 is 2.00 bits per heavy atom. The van der Waals surface area contributed by atoms with E-state index in [2.05, 4.69) is 15.4 Å². The molecule has 0 radical (unpaired) electrons. The third-order valence-electron chi connectivity index (χ3n) is 1.70. The van der Waals surface area contributed by atoms with E-state index in [1.54, 1.807) is 0 Å². The molecule has 0 amide bonds. The van der Waals surface area contributed by atoms with Gasteiger partial charge in [0.1, 0.15) is 0 Å². The van der Waals surface area contributed by atoms with Gasteiger partial charge in [-0.1, -0.05) is 12.1 Å². The van der Waals surface area contributed by atoms with Crippen molar-refractivity contribution in [2.24, 2.45) is 0 Å². The number of hydrogen-bond acceptors (Lipinski definition) is 4. The van der Waals surface area contributed by atoms with Crippen molar-refractivity contribution in [3.8, 4) is 0 Å². The van der Waals surface area contributed by atoms with Crippen molar-refractivity contribution in [1.82, 2.24) is 20.2 Å². The van der Waals surface area contributed by atoms with E-state index < -0.39 is 0 Å². The number of nitrogens with zero attached hydrogens (tertiary/aromatic N) is 4. The summed E-state index contributed by atoms with van der Waals surface area (Å²) in [4.78, 5) is 1.52. The van der Waals surface area contributed by atoms with Gasteiger partial charge in [-0.25, -0.2) is 0 Å². The molecule has 1 heterocycles. The summed E-state index contributed by atoms with van der Waals surface area (Å²) in [7, 11) is 0. The van der Waals surface area contributed by atoms with E-state index in [-0.39, 0.29) is 0 Å². The quantitative estimate of drug-likeness (QED) is 0.666. The molecule has 2 rings (SSSR count). The van der Waals surface area contributed by atoms with Gasteiger partial charge in [0.05, 0.1) is 6.54 Å². The van der Waals surface area contributed by atoms with Gasteiger partial charge in [-0.3, -0.25) is 0 Å². The van der Waals surface area contributed by atoms with Crippen molar-refractivity contribution in [1.29, 1.82) is 0 Å². The molecule has 1 aromatic heterocycles. The first-order valence-corrected chi connectivity index (χ1v) is 3.90. The van der Waals surface area contributed by atoms with Gasteiger partial charge in [0.15, 0.2) is 6.33 Å². The van der Waals surface area contributed by atoms with Crippen molar-refractivity contribution in [2.45, 2.75) is 6.54 Å². The zero-order valence-electron chi connectivity index (χ0n) is 6.96. The lowest BCUT2D eigenvalue weighted by molar-refractivity contribution is 0.572. The Morgan fingerprint density at radius 1 is 1.23 bits per heavy atom. The van der Waals surface area contributed by atoms with Crippen LogP contribution in [0.5, 0.6) is 0 Å². The highest BCUT2D eigenvalue weighted by Gasteiger charge is 1.95. The molecule has 0 aliphatic carbocycles. The Morgan fingerprint density at radius 3 is 2.62 bits per heavy atom. The second kappa shape index (κ2) is 3.22. The van der Waals surface area contributed by atoms with Crippen LogP contribution < -0.4 is 5.73 Å². The van der Waals surface area contributed by atoms with Crippen LogP contribution in [0.25, 0.3) is 0 Å². The van der Waals surface area contributed by atoms with E-state index in [0.717, 1.165) is 11.3 Å². The van der Waals surface area contributed by atoms with Crippen molar-refractivity contribution < 1.29 is 0 Å². The summed E-state index contributed by atoms with van der Waals surface area (Å²) >= 11 is 0. The largest absolute Gasteiger partial charge is 0.399 e. The normalized spacial score (nSPS) is 10.2. The van der Waals surface area contributed by atoms with Crippen LogP contribution in [0.1, 0.15) is 5.56 Å². The number of benzene rings is 1. The van der Waals surface area contributed by atoms with E-state index in [1.807, 2.05) is 24.3 Å². The molecule has 0 aliphatic heterocycles. The fourth-order valence-corrected chi connectivity index (χ4v) is 1.05. The van der Waals surface area contributed by atoms with Gasteiger partial charge in [0.2, 0.25) is 0 Å². The van der Waals surface area contributed by atoms with Gasteiger partial charge < -0.3 is 5.73 Å². The fraction of sp³-hybridized carbons (Fsp3) is 0.125. The predicted molar refractivity (Wildman–Crippen MR) is 47.8 cm³/mol. The molecule has 2 aromatic rings. The van der Waals surface area contributed by atoms with Gasteiger partial charge in [0, 0.05) is 5.69 Å². The monoisotopic (exact) mass is 175 g/mol. The second-order valence-electron chi connectivity index (χ2n) is 2.71. The first kappa shape index (κ1) is 7.72. The molecule has 0 fully saturated rings. The van der Waals surface area contributed by atoms with Crippen LogP contribution in [0.4, 0.5) is 5.69 Å². The molecule has 0 atom stereocenters. The van der Waals surface area contributed by atoms with Crippen molar-refractivity contribution in [3.63, 3.8) is 0 Å². The lowest BCUT2D eigenvalue weighted by Crippen LogP contribution is -2.03. The van der Waals surface area contributed by atoms with Crippen molar-refractivity contribution >= 4 is 5.69 Å². The summed E-state index contributed by atoms with van der Waals surface area (Å²) < 4.78 is 0. The van der Waals surface area contributed by atoms with Gasteiger partial charge in [-0.15, -0.1) is 10.2 Å². The van der Waals surface area contributed by atoms with Crippen molar-refractivity contribution in [2.75, 3.05) is 5.73 Å². The third-order valence-corrected chi connectivity index (χ3v) is 1.70. The van der Waals surface area contributed by atoms with Crippen LogP contribution in [-0.4, -0.2) is 20.2 Å². The second-order valence-corrected chi connectivity index (χ2v) is 2.71. The summed E-state index contributed by atoms with van der Waals surface area (Å²) in [5, 5.41) is 11.3. The molecular formula is C8H9N5. The van der Waals surface area contributed by atoms with E-state index >= 15 is 0 Å². The van der Waals surface area contributed by atoms with E-state index in [0.29, 0.717) is 6.54 Å². The van der Waals surface area contributed by atoms with E-state index in [9.17, 15) is 0 Å². The summed E-state index contributed by atoms with van der Waals surface area (Å²) in [6.07, 6.45) is 1.41. The highest BCUT2D eigenvalue weighted by molar-refractivity contribution is 5.39. The maximum atomic E-state index is 5.55. The van der Waals surface area contributed by atoms with Crippen molar-refractivity contribution in [3.05, 3.63) is 36.2 Å². The Balaban J connectivity index is 2.15. The number of hydrogen-bond donors (Lipinski definition) is 1. The number of tetrazole rings is 1. The molecule has 0 unspecified atom stereocenters. The molecule has 0 saturated carbocycles. The summed E-state index contributed by atoms with van der Waals surface area (Å²) in [5.41, 5.74) is 7.41. The average Bonchev–Trinajstić information content (AvgIpc) is 2.62. The lowest BCUT2D eigenvalue weighted by atomic mass is 10.2. The highest BCUT2D eigenvalue weighted by atomic mass is 15.6. The number of nitrogen functional groups attached to an aromatic ring is 1. The zero-order valence-corrected chi connectivity index (χ0v) is 6.96. The molecule has 1 aromatic carbocycles. The molecule has 13 heavy (non-hydrogen) atoms. The fourth-order valence-electron chi connectivity index (χ4n) is 1.05. The van der Waals surface area contributed by atoms with Gasteiger partial charge in [-0.2, -0.15) is 4.80 Å². The maximum Gasteiger partial charge on any atom is 0.162 e. The van der Waals surface area contributed by atoms with Crippen LogP contribution in [0.15, 0.2) is 30.6 Å². The number of anilines is 1. The van der Waals surface area contributed by atoms with Gasteiger partial charge >= 0.3 is 0 Å². The summed E-state index contributed by atoms with van der Waals surface area (Å²) in [6, 6.07) is 7.59. The molecule has 2 N–H and O–H groups in total. The Hall–Kier alpha value is -1.91. The number of aromatic nitrogens is 4. The van der Waals surface area contributed by atoms with E-state index in [4.69, 9.17) is 5.73 Å². The molecule has 0 bridgehead atoms. The Kier molecular flexibility index (Phi) is 1.91.